The number of amides is 2. The third-order valence-electron chi connectivity index (χ3n) is 3.81. The van der Waals surface area contributed by atoms with Gasteiger partial charge in [-0.1, -0.05) is 61.5 Å². The fourth-order valence-electron chi connectivity index (χ4n) is 2.33. The predicted molar refractivity (Wildman–Crippen MR) is 95.8 cm³/mol. The molecule has 0 heterocycles. The molecule has 2 N–H and O–H groups in total. The molecule has 0 bridgehead atoms. The van der Waals surface area contributed by atoms with Crippen molar-refractivity contribution in [1.29, 1.82) is 0 Å². The summed E-state index contributed by atoms with van der Waals surface area (Å²) in [5, 5.41) is 0. The van der Waals surface area contributed by atoms with Gasteiger partial charge in [-0.2, -0.15) is 0 Å². The normalized spacial score (nSPS) is 10.1. The van der Waals surface area contributed by atoms with Crippen molar-refractivity contribution < 1.29 is 14.4 Å². The molecule has 2 amide bonds. The first-order valence-corrected chi connectivity index (χ1v) is 8.32. The molecule has 0 aromatic heterocycles. The largest absolute Gasteiger partial charge is 0.294 e. The molecule has 25 heavy (non-hydrogen) atoms. The van der Waals surface area contributed by atoms with Crippen LogP contribution in [0, 0.1) is 0 Å². The van der Waals surface area contributed by atoms with Gasteiger partial charge in [0.25, 0.3) is 0 Å². The van der Waals surface area contributed by atoms with Crippen LogP contribution in [0.5, 0.6) is 0 Å². The van der Waals surface area contributed by atoms with E-state index in [1.54, 1.807) is 12.1 Å². The summed E-state index contributed by atoms with van der Waals surface area (Å²) in [6.07, 6.45) is 1.23. The number of benzene rings is 2. The number of carbonyl (C=O) groups excluding carboxylic acids is 3. The summed E-state index contributed by atoms with van der Waals surface area (Å²) in [6, 6.07) is 16.6. The van der Waals surface area contributed by atoms with E-state index in [1.807, 2.05) is 49.4 Å². The monoisotopic (exact) mass is 338 g/mol. The fourth-order valence-corrected chi connectivity index (χ4v) is 2.33. The van der Waals surface area contributed by atoms with Gasteiger partial charge >= 0.3 is 0 Å². The van der Waals surface area contributed by atoms with Crippen molar-refractivity contribution in [3.8, 4) is 0 Å². The van der Waals surface area contributed by atoms with E-state index < -0.39 is 0 Å². The van der Waals surface area contributed by atoms with Crippen LogP contribution in [0.2, 0.25) is 0 Å². The molecule has 0 saturated carbocycles. The van der Waals surface area contributed by atoms with Crippen LogP contribution >= 0.6 is 0 Å². The molecule has 0 spiro atoms. The second-order valence-electron chi connectivity index (χ2n) is 5.73. The maximum Gasteiger partial charge on any atom is 0.242 e. The lowest BCUT2D eigenvalue weighted by atomic mass is 10.0. The Balaban J connectivity index is 1.71. The number of hydrogen-bond donors (Lipinski definition) is 2. The Hall–Kier alpha value is -2.95. The fraction of sp³-hybridized carbons (Fsp3) is 0.250. The summed E-state index contributed by atoms with van der Waals surface area (Å²) < 4.78 is 0. The number of carbonyl (C=O) groups is 3. The van der Waals surface area contributed by atoms with Crippen molar-refractivity contribution in [2.75, 3.05) is 0 Å². The van der Waals surface area contributed by atoms with Crippen LogP contribution in [0.15, 0.2) is 54.6 Å². The smallest absolute Gasteiger partial charge is 0.242 e. The second kappa shape index (κ2) is 9.37. The molecule has 0 aliphatic carbocycles. The van der Waals surface area contributed by atoms with Crippen LogP contribution in [0.4, 0.5) is 0 Å². The summed E-state index contributed by atoms with van der Waals surface area (Å²) in [5.41, 5.74) is 7.32. The molecule has 0 atom stereocenters. The molecule has 0 saturated heterocycles. The zero-order valence-electron chi connectivity index (χ0n) is 14.2. The zero-order valence-corrected chi connectivity index (χ0v) is 14.2. The van der Waals surface area contributed by atoms with Gasteiger partial charge in [0.1, 0.15) is 0 Å². The van der Waals surface area contributed by atoms with Gasteiger partial charge in [-0.3, -0.25) is 25.2 Å². The average molecular weight is 338 g/mol. The molecule has 2 rings (SSSR count). The van der Waals surface area contributed by atoms with Crippen LogP contribution in [0.1, 0.15) is 41.3 Å². The van der Waals surface area contributed by atoms with Crippen molar-refractivity contribution in [3.63, 3.8) is 0 Å². The minimum absolute atomic E-state index is 0.0278. The minimum Gasteiger partial charge on any atom is -0.294 e. The van der Waals surface area contributed by atoms with Gasteiger partial charge in [0.15, 0.2) is 5.78 Å². The van der Waals surface area contributed by atoms with E-state index in [-0.39, 0.29) is 36.9 Å². The van der Waals surface area contributed by atoms with Gasteiger partial charge < -0.3 is 0 Å². The van der Waals surface area contributed by atoms with E-state index in [4.69, 9.17) is 0 Å². The van der Waals surface area contributed by atoms with Crippen LogP contribution in [0.25, 0.3) is 0 Å². The standard InChI is InChI=1S/C20H22N2O3/c1-2-15-8-10-17(11-9-15)18(23)12-13-19(24)21-22-20(25)14-16-6-4-3-5-7-16/h3-11H,2,12-14H2,1H3,(H,21,24)(H,22,25). The van der Waals surface area contributed by atoms with Crippen LogP contribution in [-0.2, 0) is 22.4 Å². The second-order valence-corrected chi connectivity index (χ2v) is 5.73. The number of hydrogen-bond acceptors (Lipinski definition) is 3. The molecule has 2 aromatic carbocycles. The van der Waals surface area contributed by atoms with Crippen molar-refractivity contribution in [3.05, 3.63) is 71.3 Å². The van der Waals surface area contributed by atoms with Gasteiger partial charge in [0.2, 0.25) is 11.8 Å². The van der Waals surface area contributed by atoms with Crippen molar-refractivity contribution in [1.82, 2.24) is 10.9 Å². The van der Waals surface area contributed by atoms with E-state index in [0.717, 1.165) is 17.5 Å². The average Bonchev–Trinajstić information content (AvgIpc) is 2.65. The van der Waals surface area contributed by atoms with Crippen LogP contribution in [0.3, 0.4) is 0 Å². The molecule has 5 nitrogen and oxygen atoms in total. The van der Waals surface area contributed by atoms with Gasteiger partial charge in [-0.05, 0) is 17.5 Å². The zero-order chi connectivity index (χ0) is 18.1. The quantitative estimate of drug-likeness (QED) is 0.602. The van der Waals surface area contributed by atoms with E-state index in [9.17, 15) is 14.4 Å². The lowest BCUT2D eigenvalue weighted by Crippen LogP contribution is -2.42. The minimum atomic E-state index is -0.389. The number of Topliss-reactive ketones (excluding diaryl/α,β-unsaturated/α-hetero) is 1. The number of aryl methyl sites for hydroxylation is 1. The molecule has 0 radical (unpaired) electrons. The highest BCUT2D eigenvalue weighted by molar-refractivity contribution is 5.98. The molecule has 0 fully saturated rings. The summed E-state index contributed by atoms with van der Waals surface area (Å²) in [4.78, 5) is 35.6. The van der Waals surface area contributed by atoms with Crippen molar-refractivity contribution in [2.24, 2.45) is 0 Å². The van der Waals surface area contributed by atoms with Crippen LogP contribution < -0.4 is 10.9 Å². The SMILES string of the molecule is CCc1ccc(C(=O)CCC(=O)NNC(=O)Cc2ccccc2)cc1. The van der Waals surface area contributed by atoms with Crippen LogP contribution in [-0.4, -0.2) is 17.6 Å². The maximum atomic E-state index is 12.1. The summed E-state index contributed by atoms with van der Waals surface area (Å²) in [6.45, 7) is 2.05. The Kier molecular flexibility index (Phi) is 6.89. The van der Waals surface area contributed by atoms with E-state index in [2.05, 4.69) is 10.9 Å². The molecule has 0 aliphatic heterocycles. The Morgan fingerprint density at radius 3 is 2.04 bits per heavy atom. The van der Waals surface area contributed by atoms with Gasteiger partial charge in [0.05, 0.1) is 6.42 Å². The molecule has 5 heteroatoms. The summed E-state index contributed by atoms with van der Waals surface area (Å²) in [5.74, 6) is -0.783. The number of rotatable bonds is 7. The number of hydrazine groups is 1. The topological polar surface area (TPSA) is 75.3 Å². The Labute approximate surface area is 147 Å². The first-order valence-electron chi connectivity index (χ1n) is 8.32. The third-order valence-corrected chi connectivity index (χ3v) is 3.81. The third kappa shape index (κ3) is 6.22. The highest BCUT2D eigenvalue weighted by Crippen LogP contribution is 2.08. The molecular formula is C20H22N2O3. The molecule has 0 aliphatic rings. The molecular weight excluding hydrogens is 316 g/mol. The molecule has 0 unspecified atom stereocenters. The van der Waals surface area contributed by atoms with E-state index >= 15 is 0 Å². The lowest BCUT2D eigenvalue weighted by Gasteiger charge is -2.07. The molecule has 130 valence electrons. The maximum absolute atomic E-state index is 12.1. The lowest BCUT2D eigenvalue weighted by molar-refractivity contribution is -0.128. The predicted octanol–water partition coefficient (Wildman–Crippen LogP) is 2.60. The first-order chi connectivity index (χ1) is 12.1. The van der Waals surface area contributed by atoms with Crippen molar-refractivity contribution in [2.45, 2.75) is 32.6 Å². The number of ketones is 1. The van der Waals surface area contributed by atoms with E-state index in [1.165, 1.54) is 0 Å². The summed E-state index contributed by atoms with van der Waals surface area (Å²) in [7, 11) is 0. The Bertz CT molecular complexity index is 724. The van der Waals surface area contributed by atoms with Gasteiger partial charge in [-0.15, -0.1) is 0 Å². The highest BCUT2D eigenvalue weighted by atomic mass is 16.2. The first kappa shape index (κ1) is 18.4. The number of nitrogens with one attached hydrogen (secondary N) is 2. The van der Waals surface area contributed by atoms with Crippen molar-refractivity contribution >= 4 is 17.6 Å². The molecule has 2 aromatic rings. The van der Waals surface area contributed by atoms with Gasteiger partial charge in [0, 0.05) is 18.4 Å². The Morgan fingerprint density at radius 2 is 1.40 bits per heavy atom. The summed E-state index contributed by atoms with van der Waals surface area (Å²) >= 11 is 0. The Morgan fingerprint density at radius 1 is 0.760 bits per heavy atom. The van der Waals surface area contributed by atoms with Gasteiger partial charge in [-0.25, -0.2) is 0 Å². The van der Waals surface area contributed by atoms with E-state index in [0.29, 0.717) is 5.56 Å². The highest BCUT2D eigenvalue weighted by Gasteiger charge is 2.10.